The average Bonchev–Trinajstić information content (AvgIpc) is 2.65. The van der Waals surface area contributed by atoms with E-state index >= 15 is 0 Å². The fourth-order valence-electron chi connectivity index (χ4n) is 3.31. The summed E-state index contributed by atoms with van der Waals surface area (Å²) in [7, 11) is 0. The Bertz CT molecular complexity index is 489. The molecule has 0 bridgehead atoms. The molecule has 2 N–H and O–H groups in total. The molecule has 0 unspecified atom stereocenters. The lowest BCUT2D eigenvalue weighted by Crippen LogP contribution is -2.34. The first-order valence-electron chi connectivity index (χ1n) is 9.37. The highest BCUT2D eigenvalue weighted by atomic mass is 16.3. The Balaban J connectivity index is 1.79. The van der Waals surface area contributed by atoms with Crippen molar-refractivity contribution in [3.63, 3.8) is 0 Å². The summed E-state index contributed by atoms with van der Waals surface area (Å²) in [6.07, 6.45) is 4.87. The van der Waals surface area contributed by atoms with Crippen LogP contribution in [0.4, 0.5) is 5.69 Å². The third-order valence-electron chi connectivity index (χ3n) is 5.29. The summed E-state index contributed by atoms with van der Waals surface area (Å²) in [5.74, 6) is 1.11. The van der Waals surface area contributed by atoms with Gasteiger partial charge in [0.05, 0.1) is 0 Å². The minimum atomic E-state index is 0.152. The first kappa shape index (κ1) is 18.8. The predicted molar refractivity (Wildman–Crippen MR) is 99.0 cm³/mol. The van der Waals surface area contributed by atoms with Crippen molar-refractivity contribution in [3.8, 4) is 0 Å². The van der Waals surface area contributed by atoms with Crippen molar-refractivity contribution >= 4 is 11.6 Å². The van der Waals surface area contributed by atoms with Crippen LogP contribution in [0.3, 0.4) is 0 Å². The number of nitrogens with zero attached hydrogens (tertiary/aromatic N) is 1. The molecule has 4 nitrogen and oxygen atoms in total. The van der Waals surface area contributed by atoms with Crippen LogP contribution in [0.5, 0.6) is 0 Å². The Morgan fingerprint density at radius 2 is 1.83 bits per heavy atom. The first-order chi connectivity index (χ1) is 11.7. The molecule has 1 aliphatic heterocycles. The van der Waals surface area contributed by atoms with E-state index < -0.39 is 0 Å². The van der Waals surface area contributed by atoms with Gasteiger partial charge in [-0.3, -0.25) is 4.79 Å². The van der Waals surface area contributed by atoms with E-state index in [1.54, 1.807) is 0 Å². The zero-order valence-electron chi connectivity index (χ0n) is 15.1. The number of nitrogens with one attached hydrogen (secondary N) is 1. The number of aliphatic hydroxyl groups excluding tert-OH is 1. The Morgan fingerprint density at radius 3 is 2.38 bits per heavy atom. The standard InChI is InChI=1S/C20H32N2O2/c1-3-16(4-2)13-20(24)21-14-17-5-7-19(8-6-17)22-11-9-18(15-23)10-12-22/h5-8,16,18,23H,3-4,9-15H2,1-2H3,(H,21,24). The Hall–Kier alpha value is -1.55. The molecule has 1 aromatic rings. The molecule has 1 aliphatic rings. The van der Waals surface area contributed by atoms with E-state index in [0.717, 1.165) is 44.3 Å². The molecule has 1 fully saturated rings. The number of amides is 1. The number of benzene rings is 1. The molecule has 0 saturated carbocycles. The quantitative estimate of drug-likeness (QED) is 0.768. The summed E-state index contributed by atoms with van der Waals surface area (Å²) in [6.45, 7) is 7.22. The third-order valence-corrected chi connectivity index (χ3v) is 5.29. The number of rotatable bonds is 8. The largest absolute Gasteiger partial charge is 0.396 e. The van der Waals surface area contributed by atoms with Crippen molar-refractivity contribution in [2.45, 2.75) is 52.5 Å². The lowest BCUT2D eigenvalue weighted by atomic mass is 9.97. The van der Waals surface area contributed by atoms with Crippen LogP contribution >= 0.6 is 0 Å². The van der Waals surface area contributed by atoms with E-state index in [2.05, 4.69) is 48.3 Å². The van der Waals surface area contributed by atoms with Gasteiger partial charge in [0.15, 0.2) is 0 Å². The van der Waals surface area contributed by atoms with Crippen LogP contribution in [-0.2, 0) is 11.3 Å². The fourth-order valence-corrected chi connectivity index (χ4v) is 3.31. The van der Waals surface area contributed by atoms with Gasteiger partial charge < -0.3 is 15.3 Å². The molecule has 2 rings (SSSR count). The zero-order chi connectivity index (χ0) is 17.4. The lowest BCUT2D eigenvalue weighted by Gasteiger charge is -2.33. The summed E-state index contributed by atoms with van der Waals surface area (Å²) in [4.78, 5) is 14.4. The predicted octanol–water partition coefficient (Wildman–Crippen LogP) is 3.34. The molecular weight excluding hydrogens is 300 g/mol. The van der Waals surface area contributed by atoms with Gasteiger partial charge in [-0.15, -0.1) is 0 Å². The van der Waals surface area contributed by atoms with Gasteiger partial charge >= 0.3 is 0 Å². The number of hydrogen-bond acceptors (Lipinski definition) is 3. The van der Waals surface area contributed by atoms with Crippen LogP contribution in [-0.4, -0.2) is 30.7 Å². The average molecular weight is 332 g/mol. The number of carbonyl (C=O) groups excluding carboxylic acids is 1. The second-order valence-electron chi connectivity index (χ2n) is 6.94. The fraction of sp³-hybridized carbons (Fsp3) is 0.650. The van der Waals surface area contributed by atoms with Gasteiger partial charge in [-0.2, -0.15) is 0 Å². The molecule has 0 radical (unpaired) electrons. The number of carbonyl (C=O) groups is 1. The van der Waals surface area contributed by atoms with Crippen LogP contribution in [0, 0.1) is 11.8 Å². The van der Waals surface area contributed by atoms with Crippen LogP contribution in [0.2, 0.25) is 0 Å². The molecule has 0 spiro atoms. The highest BCUT2D eigenvalue weighted by Gasteiger charge is 2.18. The van der Waals surface area contributed by atoms with Gasteiger partial charge in [-0.25, -0.2) is 0 Å². The third kappa shape index (κ3) is 5.52. The molecule has 134 valence electrons. The van der Waals surface area contributed by atoms with Crippen molar-refractivity contribution in [1.29, 1.82) is 0 Å². The second-order valence-corrected chi connectivity index (χ2v) is 6.94. The van der Waals surface area contributed by atoms with Gasteiger partial charge in [0.25, 0.3) is 0 Å². The Morgan fingerprint density at radius 1 is 1.21 bits per heavy atom. The van der Waals surface area contributed by atoms with E-state index in [9.17, 15) is 9.90 Å². The van der Waals surface area contributed by atoms with E-state index in [4.69, 9.17) is 0 Å². The van der Waals surface area contributed by atoms with E-state index in [-0.39, 0.29) is 5.91 Å². The van der Waals surface area contributed by atoms with Crippen molar-refractivity contribution < 1.29 is 9.90 Å². The number of anilines is 1. The van der Waals surface area contributed by atoms with Gasteiger partial charge in [0.2, 0.25) is 5.91 Å². The molecule has 0 aromatic heterocycles. The second kappa shape index (κ2) is 9.67. The van der Waals surface area contributed by atoms with Gasteiger partial charge in [0, 0.05) is 38.3 Å². The highest BCUT2D eigenvalue weighted by molar-refractivity contribution is 5.76. The molecule has 1 aromatic carbocycles. The van der Waals surface area contributed by atoms with Crippen molar-refractivity contribution in [3.05, 3.63) is 29.8 Å². The summed E-state index contributed by atoms with van der Waals surface area (Å²) in [5.41, 5.74) is 2.38. The Labute approximate surface area is 146 Å². The maximum absolute atomic E-state index is 12.0. The van der Waals surface area contributed by atoms with E-state index in [0.29, 0.717) is 31.4 Å². The molecular formula is C20H32N2O2. The topological polar surface area (TPSA) is 52.6 Å². The minimum absolute atomic E-state index is 0.152. The zero-order valence-corrected chi connectivity index (χ0v) is 15.1. The van der Waals surface area contributed by atoms with E-state index in [1.807, 2.05) is 0 Å². The van der Waals surface area contributed by atoms with Crippen molar-refractivity contribution in [2.24, 2.45) is 11.8 Å². The van der Waals surface area contributed by atoms with Crippen molar-refractivity contribution in [2.75, 3.05) is 24.6 Å². The highest BCUT2D eigenvalue weighted by Crippen LogP contribution is 2.23. The Kier molecular flexibility index (Phi) is 7.57. The molecule has 4 heteroatoms. The first-order valence-corrected chi connectivity index (χ1v) is 9.37. The maximum atomic E-state index is 12.0. The number of aliphatic hydroxyl groups is 1. The number of hydrogen-bond donors (Lipinski definition) is 2. The van der Waals surface area contributed by atoms with Crippen molar-refractivity contribution in [1.82, 2.24) is 5.32 Å². The molecule has 24 heavy (non-hydrogen) atoms. The maximum Gasteiger partial charge on any atom is 0.220 e. The lowest BCUT2D eigenvalue weighted by molar-refractivity contribution is -0.122. The SMILES string of the molecule is CCC(CC)CC(=O)NCc1ccc(N2CCC(CO)CC2)cc1. The summed E-state index contributed by atoms with van der Waals surface area (Å²) in [6, 6.07) is 8.49. The van der Waals surface area contributed by atoms with Crippen LogP contribution in [0.25, 0.3) is 0 Å². The minimum Gasteiger partial charge on any atom is -0.396 e. The molecule has 1 amide bonds. The monoisotopic (exact) mass is 332 g/mol. The molecule has 1 saturated heterocycles. The van der Waals surface area contributed by atoms with Gasteiger partial charge in [0.1, 0.15) is 0 Å². The molecule has 1 heterocycles. The van der Waals surface area contributed by atoms with Gasteiger partial charge in [-0.1, -0.05) is 38.8 Å². The van der Waals surface area contributed by atoms with Gasteiger partial charge in [-0.05, 0) is 42.4 Å². The van der Waals surface area contributed by atoms with Crippen LogP contribution in [0.15, 0.2) is 24.3 Å². The molecule has 0 aliphatic carbocycles. The number of piperidine rings is 1. The summed E-state index contributed by atoms with van der Waals surface area (Å²) >= 11 is 0. The summed E-state index contributed by atoms with van der Waals surface area (Å²) < 4.78 is 0. The summed E-state index contributed by atoms with van der Waals surface area (Å²) in [5, 5.41) is 12.3. The van der Waals surface area contributed by atoms with Crippen LogP contribution in [0.1, 0.15) is 51.5 Å². The smallest absolute Gasteiger partial charge is 0.220 e. The molecule has 0 atom stereocenters. The van der Waals surface area contributed by atoms with Crippen LogP contribution < -0.4 is 10.2 Å². The van der Waals surface area contributed by atoms with E-state index in [1.165, 1.54) is 5.69 Å². The normalized spacial score (nSPS) is 15.8.